The number of imidazole rings is 1. The zero-order valence-corrected chi connectivity index (χ0v) is 10.7. The molecular formula is C11H14N6S. The van der Waals surface area contributed by atoms with Gasteiger partial charge in [-0.2, -0.15) is 0 Å². The van der Waals surface area contributed by atoms with E-state index < -0.39 is 0 Å². The second kappa shape index (κ2) is 4.49. The molecule has 0 aromatic carbocycles. The zero-order chi connectivity index (χ0) is 12.5. The van der Waals surface area contributed by atoms with Gasteiger partial charge in [0.15, 0.2) is 11.5 Å². The molecule has 0 spiro atoms. The summed E-state index contributed by atoms with van der Waals surface area (Å²) >= 11 is 4.95. The lowest BCUT2D eigenvalue weighted by atomic mass is 10.3. The Kier molecular flexibility index (Phi) is 2.83. The average Bonchev–Trinajstić information content (AvgIpc) is 3.06. The van der Waals surface area contributed by atoms with Gasteiger partial charge in [-0.05, 0) is 12.8 Å². The lowest BCUT2D eigenvalue weighted by Gasteiger charge is -2.23. The Balaban J connectivity index is 1.93. The average molecular weight is 262 g/mol. The van der Waals surface area contributed by atoms with Gasteiger partial charge in [0, 0.05) is 19.0 Å². The molecule has 2 aromatic rings. The molecule has 1 aliphatic carbocycles. The van der Waals surface area contributed by atoms with Crippen LogP contribution >= 0.6 is 12.2 Å². The Morgan fingerprint density at radius 1 is 1.44 bits per heavy atom. The van der Waals surface area contributed by atoms with Gasteiger partial charge in [0.1, 0.15) is 11.8 Å². The van der Waals surface area contributed by atoms with Crippen molar-refractivity contribution in [1.82, 2.24) is 19.9 Å². The zero-order valence-electron chi connectivity index (χ0n) is 9.83. The van der Waals surface area contributed by atoms with Crippen LogP contribution in [-0.2, 0) is 0 Å². The summed E-state index contributed by atoms with van der Waals surface area (Å²) in [6, 6.07) is 0.542. The SMILES string of the molecule is NC(=S)CCN(c1ncnc2nc[nH]c12)C1CC1. The number of nitrogens with zero attached hydrogens (tertiary/aromatic N) is 4. The van der Waals surface area contributed by atoms with Crippen molar-refractivity contribution in [3.63, 3.8) is 0 Å². The predicted octanol–water partition coefficient (Wildman–Crippen LogP) is 0.998. The molecule has 1 fully saturated rings. The van der Waals surface area contributed by atoms with Crippen LogP contribution in [0.5, 0.6) is 0 Å². The van der Waals surface area contributed by atoms with Gasteiger partial charge in [0.25, 0.3) is 0 Å². The Bertz CT molecular complexity index is 576. The molecule has 1 saturated carbocycles. The third kappa shape index (κ3) is 2.13. The minimum atomic E-state index is 0.538. The number of hydrogen-bond donors (Lipinski definition) is 2. The van der Waals surface area contributed by atoms with Crippen molar-refractivity contribution >= 4 is 34.2 Å². The first-order valence-electron chi connectivity index (χ1n) is 5.94. The summed E-state index contributed by atoms with van der Waals surface area (Å²) in [7, 11) is 0. The van der Waals surface area contributed by atoms with Crippen molar-refractivity contribution in [2.75, 3.05) is 11.4 Å². The molecule has 0 amide bonds. The van der Waals surface area contributed by atoms with Gasteiger partial charge in [-0.25, -0.2) is 15.0 Å². The lowest BCUT2D eigenvalue weighted by Crippen LogP contribution is -2.30. The number of nitrogens with two attached hydrogens (primary N) is 1. The monoisotopic (exact) mass is 262 g/mol. The summed E-state index contributed by atoms with van der Waals surface area (Å²) in [4.78, 5) is 18.5. The summed E-state index contributed by atoms with van der Waals surface area (Å²) in [5.41, 5.74) is 7.16. The van der Waals surface area contributed by atoms with E-state index in [-0.39, 0.29) is 0 Å². The minimum Gasteiger partial charge on any atom is -0.393 e. The predicted molar refractivity (Wildman–Crippen MR) is 73.5 cm³/mol. The Labute approximate surface area is 110 Å². The summed E-state index contributed by atoms with van der Waals surface area (Å²) in [5.74, 6) is 0.899. The van der Waals surface area contributed by atoms with Gasteiger partial charge in [0.2, 0.25) is 0 Å². The van der Waals surface area contributed by atoms with E-state index in [9.17, 15) is 0 Å². The molecule has 18 heavy (non-hydrogen) atoms. The van der Waals surface area contributed by atoms with Crippen LogP contribution in [0.3, 0.4) is 0 Å². The molecule has 6 nitrogen and oxygen atoms in total. The van der Waals surface area contributed by atoms with Gasteiger partial charge in [-0.3, -0.25) is 0 Å². The topological polar surface area (TPSA) is 83.7 Å². The second-order valence-electron chi connectivity index (χ2n) is 4.44. The molecule has 3 N–H and O–H groups in total. The second-order valence-corrected chi connectivity index (χ2v) is 4.96. The Morgan fingerprint density at radius 3 is 3.00 bits per heavy atom. The molecular weight excluding hydrogens is 248 g/mol. The lowest BCUT2D eigenvalue weighted by molar-refractivity contribution is 0.787. The number of hydrogen-bond acceptors (Lipinski definition) is 5. The van der Waals surface area contributed by atoms with Gasteiger partial charge >= 0.3 is 0 Å². The minimum absolute atomic E-state index is 0.538. The molecule has 0 bridgehead atoms. The normalized spacial score (nSPS) is 14.9. The van der Waals surface area contributed by atoms with E-state index in [2.05, 4.69) is 24.8 Å². The first-order chi connectivity index (χ1) is 8.75. The van der Waals surface area contributed by atoms with Crippen LogP contribution in [0, 0.1) is 0 Å². The summed E-state index contributed by atoms with van der Waals surface area (Å²) in [6.45, 7) is 0.797. The molecule has 7 heteroatoms. The van der Waals surface area contributed by atoms with E-state index in [0.29, 0.717) is 23.1 Å². The number of nitrogens with one attached hydrogen (secondary N) is 1. The van der Waals surface area contributed by atoms with E-state index in [0.717, 1.165) is 17.9 Å². The van der Waals surface area contributed by atoms with Crippen molar-refractivity contribution < 1.29 is 0 Å². The van der Waals surface area contributed by atoms with Crippen molar-refractivity contribution in [2.24, 2.45) is 5.73 Å². The van der Waals surface area contributed by atoms with E-state index in [4.69, 9.17) is 18.0 Å². The van der Waals surface area contributed by atoms with Crippen LogP contribution in [0.2, 0.25) is 0 Å². The van der Waals surface area contributed by atoms with Crippen molar-refractivity contribution in [1.29, 1.82) is 0 Å². The van der Waals surface area contributed by atoms with Crippen molar-refractivity contribution in [3.05, 3.63) is 12.7 Å². The van der Waals surface area contributed by atoms with E-state index >= 15 is 0 Å². The fourth-order valence-electron chi connectivity index (χ4n) is 2.05. The number of thiocarbonyl (C=S) groups is 1. The van der Waals surface area contributed by atoms with Crippen LogP contribution in [0.1, 0.15) is 19.3 Å². The number of H-pyrrole nitrogens is 1. The number of fused-ring (bicyclic) bond motifs is 1. The summed E-state index contributed by atoms with van der Waals surface area (Å²) in [6.07, 6.45) is 6.27. The Hall–Kier alpha value is -1.76. The first-order valence-corrected chi connectivity index (χ1v) is 6.35. The third-order valence-electron chi connectivity index (χ3n) is 3.06. The van der Waals surface area contributed by atoms with Gasteiger partial charge < -0.3 is 15.6 Å². The molecule has 3 rings (SSSR count). The molecule has 94 valence electrons. The highest BCUT2D eigenvalue weighted by atomic mass is 32.1. The van der Waals surface area contributed by atoms with E-state index in [1.54, 1.807) is 12.7 Å². The molecule has 0 atom stereocenters. The van der Waals surface area contributed by atoms with Crippen molar-refractivity contribution in [2.45, 2.75) is 25.3 Å². The van der Waals surface area contributed by atoms with Crippen LogP contribution in [0.25, 0.3) is 11.2 Å². The largest absolute Gasteiger partial charge is 0.393 e. The highest BCUT2D eigenvalue weighted by Crippen LogP contribution is 2.32. The fraction of sp³-hybridized carbons (Fsp3) is 0.455. The van der Waals surface area contributed by atoms with Crippen LogP contribution < -0.4 is 10.6 Å². The van der Waals surface area contributed by atoms with Crippen LogP contribution in [0.15, 0.2) is 12.7 Å². The van der Waals surface area contributed by atoms with E-state index in [1.807, 2.05) is 0 Å². The number of aromatic nitrogens is 4. The maximum absolute atomic E-state index is 5.58. The molecule has 2 heterocycles. The number of anilines is 1. The maximum atomic E-state index is 5.58. The summed E-state index contributed by atoms with van der Waals surface area (Å²) in [5, 5.41) is 0. The number of rotatable bonds is 5. The maximum Gasteiger partial charge on any atom is 0.182 e. The molecule has 2 aromatic heterocycles. The highest BCUT2D eigenvalue weighted by molar-refractivity contribution is 7.80. The van der Waals surface area contributed by atoms with Crippen LogP contribution in [0.4, 0.5) is 5.82 Å². The van der Waals surface area contributed by atoms with Crippen molar-refractivity contribution in [3.8, 4) is 0 Å². The van der Waals surface area contributed by atoms with Gasteiger partial charge in [-0.15, -0.1) is 0 Å². The smallest absolute Gasteiger partial charge is 0.182 e. The number of aromatic amines is 1. The van der Waals surface area contributed by atoms with Gasteiger partial charge in [-0.1, -0.05) is 12.2 Å². The summed E-state index contributed by atoms with van der Waals surface area (Å²) < 4.78 is 0. The van der Waals surface area contributed by atoms with Gasteiger partial charge in [0.05, 0.1) is 11.3 Å². The van der Waals surface area contributed by atoms with Crippen LogP contribution in [-0.4, -0.2) is 37.5 Å². The standard InChI is InChI=1S/C11H14N6S/c12-8(18)3-4-17(7-1-2-7)11-9-10(14-5-13-9)15-6-16-11/h5-7H,1-4H2,(H2,12,18)(H,13,14,15,16). The molecule has 1 aliphatic rings. The quantitative estimate of drug-likeness (QED) is 0.782. The molecule has 0 unspecified atom stereocenters. The Morgan fingerprint density at radius 2 is 2.28 bits per heavy atom. The third-order valence-corrected chi connectivity index (χ3v) is 3.27. The first kappa shape index (κ1) is 11.3. The molecule has 0 saturated heterocycles. The fourth-order valence-corrected chi connectivity index (χ4v) is 2.14. The molecule has 0 aliphatic heterocycles. The highest BCUT2D eigenvalue weighted by Gasteiger charge is 2.31. The molecule has 0 radical (unpaired) electrons. The van der Waals surface area contributed by atoms with E-state index in [1.165, 1.54) is 12.8 Å².